The molecule has 0 amide bonds. The van der Waals surface area contributed by atoms with Gasteiger partial charge in [-0.15, -0.1) is 0 Å². The van der Waals surface area contributed by atoms with Crippen molar-refractivity contribution in [3.8, 4) is 0 Å². The minimum atomic E-state index is 0.684. The lowest BCUT2D eigenvalue weighted by atomic mass is 10.2. The number of hydrogen-bond donors (Lipinski definition) is 2. The molecule has 3 rings (SSSR count). The lowest BCUT2D eigenvalue weighted by Gasteiger charge is -2.12. The number of benzene rings is 2. The maximum absolute atomic E-state index is 4.62. The molecule has 0 aliphatic carbocycles. The fraction of sp³-hybridized carbons (Fsp3) is 0.133. The average molecular weight is 568 g/mol. The first-order valence-electron chi connectivity index (χ1n) is 6.64. The van der Waals surface area contributed by atoms with Crippen LogP contribution in [0.4, 0.5) is 17.3 Å². The SMILES string of the molecule is CN(C)c1ccc(Nc2nc3c(Br)c(Br)c(Br)c(Br)c3[nH]2)cc1. The molecule has 8 heteroatoms. The third-order valence-electron chi connectivity index (χ3n) is 3.36. The van der Waals surface area contributed by atoms with Crippen molar-refractivity contribution in [1.29, 1.82) is 0 Å². The molecule has 0 saturated heterocycles. The Bertz CT molecular complexity index is 827. The zero-order valence-electron chi connectivity index (χ0n) is 12.2. The normalized spacial score (nSPS) is 11.0. The number of nitrogens with zero attached hydrogens (tertiary/aromatic N) is 2. The van der Waals surface area contributed by atoms with E-state index in [1.165, 1.54) is 0 Å². The predicted octanol–water partition coefficient (Wildman–Crippen LogP) is 6.42. The van der Waals surface area contributed by atoms with Gasteiger partial charge in [-0.3, -0.25) is 0 Å². The number of anilines is 3. The van der Waals surface area contributed by atoms with Crippen molar-refractivity contribution in [3.63, 3.8) is 0 Å². The summed E-state index contributed by atoms with van der Waals surface area (Å²) in [4.78, 5) is 9.99. The monoisotopic (exact) mass is 564 g/mol. The second-order valence-electron chi connectivity index (χ2n) is 5.13. The highest BCUT2D eigenvalue weighted by Gasteiger charge is 2.17. The number of rotatable bonds is 3. The Morgan fingerprint density at radius 3 is 2.13 bits per heavy atom. The van der Waals surface area contributed by atoms with Gasteiger partial charge >= 0.3 is 0 Å². The fourth-order valence-electron chi connectivity index (χ4n) is 2.14. The summed E-state index contributed by atoms with van der Waals surface area (Å²) in [6.07, 6.45) is 0. The maximum Gasteiger partial charge on any atom is 0.205 e. The lowest BCUT2D eigenvalue weighted by Crippen LogP contribution is -2.08. The van der Waals surface area contributed by atoms with Crippen molar-refractivity contribution in [2.75, 3.05) is 24.3 Å². The minimum Gasteiger partial charge on any atom is -0.378 e. The number of nitrogens with one attached hydrogen (secondary N) is 2. The summed E-state index contributed by atoms with van der Waals surface area (Å²) in [5.41, 5.74) is 3.89. The number of halogens is 4. The molecule has 0 unspecified atom stereocenters. The Balaban J connectivity index is 1.98. The third kappa shape index (κ3) is 3.31. The second-order valence-corrected chi connectivity index (χ2v) is 8.30. The van der Waals surface area contributed by atoms with E-state index in [1.807, 2.05) is 26.2 Å². The molecule has 120 valence electrons. The summed E-state index contributed by atoms with van der Waals surface area (Å²) in [5.74, 6) is 0.684. The van der Waals surface area contributed by atoms with Crippen LogP contribution < -0.4 is 10.2 Å². The quantitative estimate of drug-likeness (QED) is 0.283. The van der Waals surface area contributed by atoms with Crippen LogP contribution in [0.5, 0.6) is 0 Å². The topological polar surface area (TPSA) is 44.0 Å². The maximum atomic E-state index is 4.62. The molecule has 2 N–H and O–H groups in total. The van der Waals surface area contributed by atoms with Gasteiger partial charge in [-0.05, 0) is 88.0 Å². The number of H-pyrrole nitrogens is 1. The van der Waals surface area contributed by atoms with Gasteiger partial charge in [0.1, 0.15) is 5.52 Å². The Morgan fingerprint density at radius 2 is 1.52 bits per heavy atom. The fourth-order valence-corrected chi connectivity index (χ4v) is 4.42. The van der Waals surface area contributed by atoms with Gasteiger partial charge in [0.05, 0.1) is 14.5 Å². The van der Waals surface area contributed by atoms with E-state index in [-0.39, 0.29) is 0 Å². The van der Waals surface area contributed by atoms with E-state index in [2.05, 4.69) is 96.0 Å². The van der Waals surface area contributed by atoms with Gasteiger partial charge in [0, 0.05) is 34.4 Å². The summed E-state index contributed by atoms with van der Waals surface area (Å²) < 4.78 is 3.67. The van der Waals surface area contributed by atoms with E-state index in [9.17, 15) is 0 Å². The second kappa shape index (κ2) is 6.74. The zero-order valence-corrected chi connectivity index (χ0v) is 18.6. The van der Waals surface area contributed by atoms with Crippen molar-refractivity contribution >= 4 is 92.1 Å². The van der Waals surface area contributed by atoms with Crippen LogP contribution in [-0.2, 0) is 0 Å². The molecule has 0 fully saturated rings. The molecule has 0 bridgehead atoms. The Labute approximate surface area is 167 Å². The van der Waals surface area contributed by atoms with Crippen LogP contribution in [0.15, 0.2) is 42.2 Å². The van der Waals surface area contributed by atoms with Crippen LogP contribution in [0.2, 0.25) is 0 Å². The van der Waals surface area contributed by atoms with Crippen LogP contribution in [0.3, 0.4) is 0 Å². The van der Waals surface area contributed by atoms with Gasteiger partial charge in [0.2, 0.25) is 5.95 Å². The first-order valence-corrected chi connectivity index (χ1v) is 9.81. The van der Waals surface area contributed by atoms with Crippen molar-refractivity contribution in [1.82, 2.24) is 9.97 Å². The van der Waals surface area contributed by atoms with Crippen molar-refractivity contribution in [2.45, 2.75) is 0 Å². The van der Waals surface area contributed by atoms with Gasteiger partial charge < -0.3 is 15.2 Å². The van der Waals surface area contributed by atoms with E-state index in [0.29, 0.717) is 5.95 Å². The molecule has 0 spiro atoms. The van der Waals surface area contributed by atoms with Crippen LogP contribution in [0.1, 0.15) is 0 Å². The number of hydrogen-bond acceptors (Lipinski definition) is 3. The Morgan fingerprint density at radius 1 is 0.913 bits per heavy atom. The van der Waals surface area contributed by atoms with Crippen molar-refractivity contribution in [3.05, 3.63) is 42.2 Å². The van der Waals surface area contributed by atoms with Crippen LogP contribution >= 0.6 is 63.7 Å². The highest BCUT2D eigenvalue weighted by molar-refractivity contribution is 9.15. The van der Waals surface area contributed by atoms with E-state index in [0.717, 1.165) is 40.3 Å². The molecular weight excluding hydrogens is 556 g/mol. The van der Waals surface area contributed by atoms with Crippen LogP contribution in [0.25, 0.3) is 11.0 Å². The summed E-state index contributed by atoms with van der Waals surface area (Å²) >= 11 is 14.3. The Hall–Kier alpha value is -0.570. The molecular formula is C15H12Br4N4. The van der Waals surface area contributed by atoms with Gasteiger partial charge in [0.25, 0.3) is 0 Å². The molecule has 0 saturated carbocycles. The highest BCUT2D eigenvalue weighted by atomic mass is 79.9. The van der Waals surface area contributed by atoms with Gasteiger partial charge in [0.15, 0.2) is 0 Å². The molecule has 1 aromatic heterocycles. The Kier molecular flexibility index (Phi) is 5.06. The molecule has 0 aliphatic rings. The minimum absolute atomic E-state index is 0.684. The molecule has 4 nitrogen and oxygen atoms in total. The highest BCUT2D eigenvalue weighted by Crippen LogP contribution is 2.43. The van der Waals surface area contributed by atoms with Crippen LogP contribution in [0, 0.1) is 0 Å². The summed E-state index contributed by atoms with van der Waals surface area (Å²) in [5, 5.41) is 3.30. The number of fused-ring (bicyclic) bond motifs is 1. The smallest absolute Gasteiger partial charge is 0.205 e. The number of imidazole rings is 1. The molecule has 2 aromatic carbocycles. The summed E-state index contributed by atoms with van der Waals surface area (Å²) in [6, 6.07) is 8.17. The molecule has 0 atom stereocenters. The zero-order chi connectivity index (χ0) is 16.7. The third-order valence-corrected chi connectivity index (χ3v) is 8.10. The van der Waals surface area contributed by atoms with E-state index < -0.39 is 0 Å². The lowest BCUT2D eigenvalue weighted by molar-refractivity contribution is 1.13. The van der Waals surface area contributed by atoms with E-state index in [1.54, 1.807) is 0 Å². The van der Waals surface area contributed by atoms with Gasteiger partial charge in [-0.25, -0.2) is 4.98 Å². The molecule has 23 heavy (non-hydrogen) atoms. The van der Waals surface area contributed by atoms with Crippen LogP contribution in [-0.4, -0.2) is 24.1 Å². The predicted molar refractivity (Wildman–Crippen MR) is 111 cm³/mol. The van der Waals surface area contributed by atoms with Crippen molar-refractivity contribution in [2.24, 2.45) is 0 Å². The van der Waals surface area contributed by atoms with Gasteiger partial charge in [-0.1, -0.05) is 0 Å². The summed E-state index contributed by atoms with van der Waals surface area (Å²) in [6.45, 7) is 0. The number of aromatic amines is 1. The van der Waals surface area contributed by atoms with E-state index >= 15 is 0 Å². The first-order chi connectivity index (χ1) is 10.9. The molecule has 0 aliphatic heterocycles. The van der Waals surface area contributed by atoms with E-state index in [4.69, 9.17) is 0 Å². The molecule has 0 radical (unpaired) electrons. The van der Waals surface area contributed by atoms with Crippen molar-refractivity contribution < 1.29 is 0 Å². The number of aromatic nitrogens is 2. The first kappa shape index (κ1) is 17.3. The molecule has 3 aromatic rings. The largest absolute Gasteiger partial charge is 0.378 e. The standard InChI is InChI=1S/C15H12Br4N4/c1-23(2)8-5-3-7(4-6-8)20-15-21-13-11(18)9(16)10(17)12(19)14(13)22-15/h3-6H,1-2H3,(H2,20,21,22). The summed E-state index contributed by atoms with van der Waals surface area (Å²) in [7, 11) is 4.04. The average Bonchev–Trinajstić information content (AvgIpc) is 2.95. The molecule has 1 heterocycles. The van der Waals surface area contributed by atoms with Gasteiger partial charge in [-0.2, -0.15) is 0 Å².